The number of nitrogens with one attached hydrogen (secondary N) is 1. The standard InChI is InChI=1S/C15H12ClN3O4/c1-8-4-2-3-5-10(8)14-17-15(23-18-14)11-6-9(16)7-12(13(11)20)19(21)22/h2-7,15,20H,1H3,(H,17,18)/p-1/t15-/m0/s1. The number of amidine groups is 1. The lowest BCUT2D eigenvalue weighted by atomic mass is 10.1. The fourth-order valence-electron chi connectivity index (χ4n) is 2.30. The van der Waals surface area contributed by atoms with Gasteiger partial charge in [-0.15, -0.1) is 0 Å². The zero-order valence-corrected chi connectivity index (χ0v) is 12.7. The fourth-order valence-corrected chi connectivity index (χ4v) is 2.52. The number of aryl methyl sites for hydroxylation is 1. The van der Waals surface area contributed by atoms with Crippen molar-refractivity contribution in [3.05, 3.63) is 68.2 Å². The average Bonchev–Trinajstić information content (AvgIpc) is 2.99. The number of halogens is 1. The molecule has 3 rings (SSSR count). The molecule has 23 heavy (non-hydrogen) atoms. The van der Waals surface area contributed by atoms with Crippen LogP contribution < -0.4 is 10.6 Å². The minimum absolute atomic E-state index is 0.0142. The van der Waals surface area contributed by atoms with Crippen molar-refractivity contribution < 1.29 is 14.9 Å². The van der Waals surface area contributed by atoms with E-state index in [9.17, 15) is 15.2 Å². The number of hydrogen-bond acceptors (Lipinski definition) is 6. The molecule has 2 aromatic rings. The molecule has 0 saturated carbocycles. The maximum absolute atomic E-state index is 12.2. The van der Waals surface area contributed by atoms with Crippen molar-refractivity contribution in [1.82, 2.24) is 5.48 Å². The van der Waals surface area contributed by atoms with Crippen molar-refractivity contribution in [2.24, 2.45) is 4.99 Å². The Hall–Kier alpha value is -2.64. The Morgan fingerprint density at radius 1 is 1.35 bits per heavy atom. The van der Waals surface area contributed by atoms with Crippen LogP contribution >= 0.6 is 11.6 Å². The molecule has 1 aliphatic heterocycles. The molecule has 0 saturated heterocycles. The van der Waals surface area contributed by atoms with E-state index in [-0.39, 0.29) is 10.6 Å². The van der Waals surface area contributed by atoms with Crippen molar-refractivity contribution in [1.29, 1.82) is 0 Å². The quantitative estimate of drug-likeness (QED) is 0.688. The summed E-state index contributed by atoms with van der Waals surface area (Å²) in [5.74, 6) is -0.309. The predicted octanol–water partition coefficient (Wildman–Crippen LogP) is 2.61. The minimum Gasteiger partial charge on any atom is -0.868 e. The van der Waals surface area contributed by atoms with Crippen LogP contribution in [0.1, 0.15) is 22.9 Å². The van der Waals surface area contributed by atoms with Gasteiger partial charge in [-0.3, -0.25) is 10.1 Å². The molecule has 0 aliphatic carbocycles. The molecular formula is C15H11ClN3O4-. The maximum Gasteiger partial charge on any atom is 0.263 e. The minimum atomic E-state index is -0.991. The van der Waals surface area contributed by atoms with Crippen LogP contribution in [0.3, 0.4) is 0 Å². The van der Waals surface area contributed by atoms with Crippen LogP contribution in [0.5, 0.6) is 5.75 Å². The van der Waals surface area contributed by atoms with Crippen molar-refractivity contribution in [2.45, 2.75) is 13.2 Å². The lowest BCUT2D eigenvalue weighted by Crippen LogP contribution is -2.19. The topological polar surface area (TPSA) is 99.8 Å². The molecule has 8 heteroatoms. The summed E-state index contributed by atoms with van der Waals surface area (Å²) in [5, 5.41) is 23.2. The van der Waals surface area contributed by atoms with Gasteiger partial charge in [0.1, 0.15) is 0 Å². The van der Waals surface area contributed by atoms with Crippen LogP contribution in [-0.4, -0.2) is 10.8 Å². The molecule has 1 atom stereocenters. The van der Waals surface area contributed by atoms with Crippen LogP contribution in [0.15, 0.2) is 41.4 Å². The highest BCUT2D eigenvalue weighted by Gasteiger charge is 2.25. The van der Waals surface area contributed by atoms with Gasteiger partial charge in [0.25, 0.3) is 5.69 Å². The molecule has 0 bridgehead atoms. The fraction of sp³-hybridized carbons (Fsp3) is 0.133. The second-order valence-corrected chi connectivity index (χ2v) is 5.40. The third-order valence-corrected chi connectivity index (χ3v) is 3.66. The molecule has 1 aliphatic rings. The Morgan fingerprint density at radius 2 is 2.09 bits per heavy atom. The normalized spacial score (nSPS) is 16.8. The zero-order valence-electron chi connectivity index (χ0n) is 11.9. The summed E-state index contributed by atoms with van der Waals surface area (Å²) in [7, 11) is 0. The van der Waals surface area contributed by atoms with Gasteiger partial charge >= 0.3 is 0 Å². The Balaban J connectivity index is 2.02. The molecule has 1 N–H and O–H groups in total. The smallest absolute Gasteiger partial charge is 0.263 e. The molecule has 0 fully saturated rings. The number of rotatable bonds is 3. The number of hydroxylamine groups is 1. The first kappa shape index (κ1) is 15.3. The number of nitrogens with zero attached hydrogens (tertiary/aromatic N) is 2. The summed E-state index contributed by atoms with van der Waals surface area (Å²) >= 11 is 5.86. The summed E-state index contributed by atoms with van der Waals surface area (Å²) in [6.45, 7) is 1.91. The van der Waals surface area contributed by atoms with Crippen LogP contribution in [0.4, 0.5) is 5.69 Å². The molecule has 0 radical (unpaired) electrons. The van der Waals surface area contributed by atoms with Gasteiger partial charge in [-0.1, -0.05) is 35.9 Å². The molecule has 0 amide bonds. The number of benzene rings is 2. The number of aliphatic imine (C=N–C) groups is 1. The lowest BCUT2D eigenvalue weighted by molar-refractivity contribution is -0.398. The highest BCUT2D eigenvalue weighted by Crippen LogP contribution is 2.37. The number of hydrogen-bond donors (Lipinski definition) is 1. The Kier molecular flexibility index (Phi) is 3.89. The monoisotopic (exact) mass is 332 g/mol. The van der Waals surface area contributed by atoms with Gasteiger partial charge in [0.15, 0.2) is 5.84 Å². The van der Waals surface area contributed by atoms with E-state index in [2.05, 4.69) is 10.5 Å². The summed E-state index contributed by atoms with van der Waals surface area (Å²) in [5.41, 5.74) is 3.86. The van der Waals surface area contributed by atoms with Crippen molar-refractivity contribution >= 4 is 23.1 Å². The Labute approximate surface area is 136 Å². The van der Waals surface area contributed by atoms with Gasteiger partial charge < -0.3 is 5.11 Å². The van der Waals surface area contributed by atoms with E-state index in [0.717, 1.165) is 17.2 Å². The predicted molar refractivity (Wildman–Crippen MR) is 82.2 cm³/mol. The van der Waals surface area contributed by atoms with Crippen LogP contribution in [-0.2, 0) is 4.84 Å². The zero-order chi connectivity index (χ0) is 16.6. The summed E-state index contributed by atoms with van der Waals surface area (Å²) in [6.07, 6.45) is -0.991. The second kappa shape index (κ2) is 5.86. The molecule has 2 aromatic carbocycles. The van der Waals surface area contributed by atoms with E-state index >= 15 is 0 Å². The lowest BCUT2D eigenvalue weighted by Gasteiger charge is -2.16. The highest BCUT2D eigenvalue weighted by atomic mass is 35.5. The van der Waals surface area contributed by atoms with E-state index < -0.39 is 22.6 Å². The van der Waals surface area contributed by atoms with Crippen molar-refractivity contribution in [3.63, 3.8) is 0 Å². The van der Waals surface area contributed by atoms with E-state index in [1.54, 1.807) is 0 Å². The molecular weight excluding hydrogens is 322 g/mol. The molecule has 7 nitrogen and oxygen atoms in total. The van der Waals surface area contributed by atoms with Gasteiger partial charge in [0.2, 0.25) is 6.23 Å². The first-order valence-corrected chi connectivity index (χ1v) is 7.05. The van der Waals surface area contributed by atoms with E-state index in [4.69, 9.17) is 16.4 Å². The van der Waals surface area contributed by atoms with Crippen molar-refractivity contribution in [3.8, 4) is 5.75 Å². The van der Waals surface area contributed by atoms with Gasteiger partial charge in [-0.2, -0.15) is 0 Å². The average molecular weight is 333 g/mol. The first-order chi connectivity index (χ1) is 11.0. The van der Waals surface area contributed by atoms with Crippen LogP contribution in [0.2, 0.25) is 5.02 Å². The number of nitro benzene ring substituents is 1. The maximum atomic E-state index is 12.2. The highest BCUT2D eigenvalue weighted by molar-refractivity contribution is 6.31. The third kappa shape index (κ3) is 2.84. The van der Waals surface area contributed by atoms with E-state index in [0.29, 0.717) is 5.84 Å². The molecule has 1 heterocycles. The third-order valence-electron chi connectivity index (χ3n) is 3.44. The summed E-state index contributed by atoms with van der Waals surface area (Å²) < 4.78 is 0. The SMILES string of the molecule is Cc1ccccc1C1=N[C@H](c2cc(Cl)cc([N+](=O)[O-])c2[O-])ON1. The molecule has 118 valence electrons. The van der Waals surface area contributed by atoms with E-state index in [1.165, 1.54) is 6.07 Å². The van der Waals surface area contributed by atoms with Crippen LogP contribution in [0.25, 0.3) is 0 Å². The number of nitro groups is 1. The Morgan fingerprint density at radius 3 is 2.78 bits per heavy atom. The second-order valence-electron chi connectivity index (χ2n) is 4.97. The molecule has 0 unspecified atom stereocenters. The van der Waals surface area contributed by atoms with Gasteiger partial charge in [-0.05, 0) is 24.3 Å². The van der Waals surface area contributed by atoms with E-state index in [1.807, 2.05) is 31.2 Å². The Bertz CT molecular complexity index is 822. The van der Waals surface area contributed by atoms with Gasteiger partial charge in [-0.25, -0.2) is 15.3 Å². The summed E-state index contributed by atoms with van der Waals surface area (Å²) in [4.78, 5) is 19.7. The molecule has 0 spiro atoms. The largest absolute Gasteiger partial charge is 0.868 e. The first-order valence-electron chi connectivity index (χ1n) is 6.67. The van der Waals surface area contributed by atoms with Gasteiger partial charge in [0.05, 0.1) is 4.92 Å². The molecule has 0 aromatic heterocycles. The van der Waals surface area contributed by atoms with Crippen molar-refractivity contribution in [2.75, 3.05) is 0 Å². The summed E-state index contributed by atoms with van der Waals surface area (Å²) in [6, 6.07) is 9.85. The van der Waals surface area contributed by atoms with Gasteiger partial charge in [0, 0.05) is 22.2 Å². The van der Waals surface area contributed by atoms with Crippen LogP contribution in [0, 0.1) is 17.0 Å².